The zero-order valence-corrected chi connectivity index (χ0v) is 6.89. The molecular weight excluding hydrogens is 182 g/mol. The van der Waals surface area contributed by atoms with E-state index >= 15 is 0 Å². The molecule has 0 saturated carbocycles. The largest absolute Gasteiger partial charge is 0.465 e. The van der Waals surface area contributed by atoms with E-state index in [-0.39, 0.29) is 11.5 Å². The molecule has 0 atom stereocenters. The highest BCUT2D eigenvalue weighted by molar-refractivity contribution is 5.90. The van der Waals surface area contributed by atoms with Gasteiger partial charge in [0.05, 0.1) is 6.61 Å². The Bertz CT molecular complexity index is 211. The Morgan fingerprint density at radius 1 is 1.23 bits per heavy atom. The molecule has 0 aliphatic heterocycles. The number of esters is 1. The van der Waals surface area contributed by atoms with Crippen LogP contribution in [0.1, 0.15) is 6.92 Å². The third-order valence-corrected chi connectivity index (χ3v) is 1.05. The summed E-state index contributed by atoms with van der Waals surface area (Å²) in [5.41, 5.74) is 0. The van der Waals surface area contributed by atoms with Crippen LogP contribution in [0, 0.1) is 0 Å². The number of nitrogens with zero attached hydrogens (tertiary/aromatic N) is 1. The quantitative estimate of drug-likeness (QED) is 0.618. The van der Waals surface area contributed by atoms with Crippen molar-refractivity contribution >= 4 is 18.2 Å². The van der Waals surface area contributed by atoms with Crippen molar-refractivity contribution in [1.29, 1.82) is 0 Å². The van der Waals surface area contributed by atoms with Gasteiger partial charge >= 0.3 is 18.2 Å². The SMILES string of the molecule is CCOC(=O)CN(C(=O)O)C(=O)O. The second-order valence-corrected chi connectivity index (χ2v) is 1.96. The Morgan fingerprint density at radius 3 is 2.00 bits per heavy atom. The van der Waals surface area contributed by atoms with E-state index in [9.17, 15) is 14.4 Å². The molecular formula is C6H9NO6. The number of rotatable bonds is 3. The lowest BCUT2D eigenvalue weighted by Crippen LogP contribution is -2.39. The van der Waals surface area contributed by atoms with Crippen molar-refractivity contribution < 1.29 is 29.3 Å². The van der Waals surface area contributed by atoms with Gasteiger partial charge in [0.2, 0.25) is 0 Å². The minimum absolute atomic E-state index is 0.0575. The number of hydrogen-bond acceptors (Lipinski definition) is 4. The monoisotopic (exact) mass is 191 g/mol. The molecule has 0 bridgehead atoms. The molecule has 0 aromatic rings. The summed E-state index contributed by atoms with van der Waals surface area (Å²) >= 11 is 0. The molecule has 0 heterocycles. The fraction of sp³-hybridized carbons (Fsp3) is 0.500. The summed E-state index contributed by atoms with van der Waals surface area (Å²) in [6, 6.07) is 0. The van der Waals surface area contributed by atoms with Crippen molar-refractivity contribution in [2.24, 2.45) is 0 Å². The molecule has 0 fully saturated rings. The van der Waals surface area contributed by atoms with Gasteiger partial charge in [0.25, 0.3) is 0 Å². The van der Waals surface area contributed by atoms with Crippen LogP contribution in [0.3, 0.4) is 0 Å². The first-order valence-corrected chi connectivity index (χ1v) is 3.38. The van der Waals surface area contributed by atoms with E-state index in [0.717, 1.165) is 0 Å². The van der Waals surface area contributed by atoms with E-state index in [1.807, 2.05) is 0 Å². The van der Waals surface area contributed by atoms with Gasteiger partial charge in [-0.05, 0) is 6.92 Å². The van der Waals surface area contributed by atoms with E-state index in [4.69, 9.17) is 10.2 Å². The van der Waals surface area contributed by atoms with E-state index in [1.165, 1.54) is 6.92 Å². The predicted molar refractivity (Wildman–Crippen MR) is 39.4 cm³/mol. The average Bonchev–Trinajstić information content (AvgIpc) is 1.99. The molecule has 0 spiro atoms. The van der Waals surface area contributed by atoms with Gasteiger partial charge in [-0.25, -0.2) is 14.5 Å². The Morgan fingerprint density at radius 2 is 1.69 bits per heavy atom. The summed E-state index contributed by atoms with van der Waals surface area (Å²) in [4.78, 5) is 31.1. The minimum atomic E-state index is -1.71. The number of amides is 2. The van der Waals surface area contributed by atoms with Gasteiger partial charge in [-0.2, -0.15) is 0 Å². The summed E-state index contributed by atoms with van der Waals surface area (Å²) < 4.78 is 4.37. The zero-order chi connectivity index (χ0) is 10.4. The van der Waals surface area contributed by atoms with Crippen molar-refractivity contribution in [3.8, 4) is 0 Å². The maximum absolute atomic E-state index is 10.7. The molecule has 0 saturated heterocycles. The van der Waals surface area contributed by atoms with Crippen LogP contribution in [0.15, 0.2) is 0 Å². The second kappa shape index (κ2) is 4.96. The second-order valence-electron chi connectivity index (χ2n) is 1.96. The summed E-state index contributed by atoms with van der Waals surface area (Å²) in [5, 5.41) is 16.6. The lowest BCUT2D eigenvalue weighted by atomic mass is 10.6. The van der Waals surface area contributed by atoms with Crippen LogP contribution >= 0.6 is 0 Å². The molecule has 0 unspecified atom stereocenters. The van der Waals surface area contributed by atoms with Crippen molar-refractivity contribution in [3.63, 3.8) is 0 Å². The first-order valence-electron chi connectivity index (χ1n) is 3.38. The molecule has 2 N–H and O–H groups in total. The number of hydrogen-bond donors (Lipinski definition) is 2. The topological polar surface area (TPSA) is 104 Å². The molecule has 13 heavy (non-hydrogen) atoms. The first-order chi connectivity index (χ1) is 5.99. The van der Waals surface area contributed by atoms with E-state index < -0.39 is 24.7 Å². The van der Waals surface area contributed by atoms with Crippen LogP contribution in [0.2, 0.25) is 0 Å². The van der Waals surface area contributed by atoms with Crippen LogP contribution in [-0.2, 0) is 9.53 Å². The van der Waals surface area contributed by atoms with Gasteiger partial charge in [0.1, 0.15) is 6.54 Å². The molecule has 0 aromatic heterocycles. The van der Waals surface area contributed by atoms with E-state index in [2.05, 4.69) is 4.74 Å². The number of carbonyl (C=O) groups excluding carboxylic acids is 1. The standard InChI is InChI=1S/C6H9NO6/c1-2-13-4(8)3-7(5(9)10)6(11)12/h2-3H2,1H3,(H,9,10)(H,11,12). The highest BCUT2D eigenvalue weighted by Gasteiger charge is 2.23. The minimum Gasteiger partial charge on any atom is -0.465 e. The fourth-order valence-electron chi connectivity index (χ4n) is 0.553. The maximum Gasteiger partial charge on any atom is 0.417 e. The van der Waals surface area contributed by atoms with Crippen LogP contribution in [0.4, 0.5) is 9.59 Å². The highest BCUT2D eigenvalue weighted by Crippen LogP contribution is 1.92. The van der Waals surface area contributed by atoms with E-state index in [1.54, 1.807) is 0 Å². The number of imide groups is 1. The number of carboxylic acid groups (broad SMARTS) is 2. The smallest absolute Gasteiger partial charge is 0.417 e. The Kier molecular flexibility index (Phi) is 4.28. The summed E-state index contributed by atoms with van der Waals surface area (Å²) in [7, 11) is 0. The molecule has 0 rings (SSSR count). The molecule has 0 aliphatic rings. The molecule has 2 amide bonds. The van der Waals surface area contributed by atoms with Crippen molar-refractivity contribution in [3.05, 3.63) is 0 Å². The van der Waals surface area contributed by atoms with Gasteiger partial charge in [-0.15, -0.1) is 0 Å². The lowest BCUT2D eigenvalue weighted by molar-refractivity contribution is -0.143. The van der Waals surface area contributed by atoms with Crippen molar-refractivity contribution in [2.45, 2.75) is 6.92 Å². The molecule has 0 aliphatic carbocycles. The Labute approximate surface area is 73.5 Å². The van der Waals surface area contributed by atoms with Crippen LogP contribution in [-0.4, -0.2) is 46.4 Å². The van der Waals surface area contributed by atoms with Crippen LogP contribution in [0.25, 0.3) is 0 Å². The molecule has 7 nitrogen and oxygen atoms in total. The predicted octanol–water partition coefficient (Wildman–Crippen LogP) is 0.208. The first kappa shape index (κ1) is 11.2. The third kappa shape index (κ3) is 3.94. The summed E-state index contributed by atoms with van der Waals surface area (Å²) in [5.74, 6) is -0.896. The third-order valence-electron chi connectivity index (χ3n) is 1.05. The van der Waals surface area contributed by atoms with Gasteiger partial charge in [-0.3, -0.25) is 4.79 Å². The normalized spacial score (nSPS) is 9.00. The van der Waals surface area contributed by atoms with Crippen molar-refractivity contribution in [2.75, 3.05) is 13.2 Å². The lowest BCUT2D eigenvalue weighted by Gasteiger charge is -2.11. The maximum atomic E-state index is 10.7. The van der Waals surface area contributed by atoms with Crippen LogP contribution in [0.5, 0.6) is 0 Å². The van der Waals surface area contributed by atoms with Crippen LogP contribution < -0.4 is 0 Å². The van der Waals surface area contributed by atoms with Gasteiger partial charge in [0, 0.05) is 0 Å². The molecule has 0 aromatic carbocycles. The number of ether oxygens (including phenoxy) is 1. The molecule has 0 radical (unpaired) electrons. The van der Waals surface area contributed by atoms with Gasteiger partial charge in [0.15, 0.2) is 0 Å². The summed E-state index contributed by atoms with van der Waals surface area (Å²) in [6.45, 7) is 0.800. The molecule has 7 heteroatoms. The molecule has 74 valence electrons. The summed E-state index contributed by atoms with van der Waals surface area (Å²) in [6.07, 6.45) is -3.42. The van der Waals surface area contributed by atoms with E-state index in [0.29, 0.717) is 0 Å². The van der Waals surface area contributed by atoms with Gasteiger partial charge < -0.3 is 14.9 Å². The zero-order valence-electron chi connectivity index (χ0n) is 6.89. The van der Waals surface area contributed by atoms with Crippen molar-refractivity contribution in [1.82, 2.24) is 4.90 Å². The Hall–Kier alpha value is -1.79. The van der Waals surface area contributed by atoms with Gasteiger partial charge in [-0.1, -0.05) is 0 Å². The average molecular weight is 191 g/mol. The highest BCUT2D eigenvalue weighted by atomic mass is 16.5. The Balaban J connectivity index is 4.19. The fourth-order valence-corrected chi connectivity index (χ4v) is 0.553. The number of carbonyl (C=O) groups is 3.